The van der Waals surface area contributed by atoms with Crippen LogP contribution in [-0.2, 0) is 6.42 Å². The van der Waals surface area contributed by atoms with Crippen LogP contribution in [-0.4, -0.2) is 35.4 Å². The number of benzene rings is 1. The Hall–Kier alpha value is -1.62. The third-order valence-electron chi connectivity index (χ3n) is 3.22. The maximum Gasteiger partial charge on any atom is 0.119 e. The summed E-state index contributed by atoms with van der Waals surface area (Å²) in [6, 6.07) is 11.3. The van der Waals surface area contributed by atoms with Gasteiger partial charge in [-0.2, -0.15) is 0 Å². The van der Waals surface area contributed by atoms with Crippen molar-refractivity contribution < 1.29 is 9.84 Å². The van der Waals surface area contributed by atoms with Crippen molar-refractivity contribution in [1.82, 2.24) is 10.3 Å². The normalized spacial score (nSPS) is 13.6. The van der Waals surface area contributed by atoms with E-state index in [2.05, 4.69) is 17.2 Å². The van der Waals surface area contributed by atoms with Gasteiger partial charge < -0.3 is 15.2 Å². The SMILES string of the molecule is CC(Cc1cccnc1)NC[C@@H](O)COc1ccc(Cl)cc1. The molecule has 118 valence electrons. The fraction of sp³-hybridized carbons (Fsp3) is 0.353. The number of halogens is 1. The number of rotatable bonds is 8. The highest BCUT2D eigenvalue weighted by molar-refractivity contribution is 6.30. The van der Waals surface area contributed by atoms with Crippen molar-refractivity contribution in [3.63, 3.8) is 0 Å². The number of ether oxygens (including phenoxy) is 1. The summed E-state index contributed by atoms with van der Waals surface area (Å²) in [6.45, 7) is 2.81. The molecule has 5 heteroatoms. The van der Waals surface area contributed by atoms with Crippen LogP contribution in [0.3, 0.4) is 0 Å². The summed E-state index contributed by atoms with van der Waals surface area (Å²) in [5.74, 6) is 0.701. The maximum atomic E-state index is 9.95. The predicted molar refractivity (Wildman–Crippen MR) is 88.4 cm³/mol. The third-order valence-corrected chi connectivity index (χ3v) is 3.47. The first-order valence-electron chi connectivity index (χ1n) is 7.32. The molecule has 0 radical (unpaired) electrons. The molecule has 0 aliphatic carbocycles. The molecule has 0 saturated heterocycles. The second-order valence-corrected chi connectivity index (χ2v) is 5.73. The van der Waals surface area contributed by atoms with Gasteiger partial charge in [0.15, 0.2) is 0 Å². The number of hydrogen-bond donors (Lipinski definition) is 2. The first-order chi connectivity index (χ1) is 10.6. The molecule has 22 heavy (non-hydrogen) atoms. The van der Waals surface area contributed by atoms with Crippen molar-refractivity contribution in [1.29, 1.82) is 0 Å². The van der Waals surface area contributed by atoms with Gasteiger partial charge in [-0.15, -0.1) is 0 Å². The number of nitrogens with zero attached hydrogens (tertiary/aromatic N) is 1. The Morgan fingerprint density at radius 2 is 2.05 bits per heavy atom. The molecule has 0 aliphatic heterocycles. The summed E-state index contributed by atoms with van der Waals surface area (Å²) in [6.07, 6.45) is 3.93. The lowest BCUT2D eigenvalue weighted by molar-refractivity contribution is 0.104. The van der Waals surface area contributed by atoms with E-state index in [1.807, 2.05) is 18.3 Å². The van der Waals surface area contributed by atoms with Crippen molar-refractivity contribution in [2.75, 3.05) is 13.2 Å². The summed E-state index contributed by atoms with van der Waals surface area (Å²) < 4.78 is 5.51. The van der Waals surface area contributed by atoms with Gasteiger partial charge in [0.05, 0.1) is 0 Å². The van der Waals surface area contributed by atoms with Crippen LogP contribution in [0.5, 0.6) is 5.75 Å². The lowest BCUT2D eigenvalue weighted by atomic mass is 10.1. The van der Waals surface area contributed by atoms with Crippen molar-refractivity contribution in [2.45, 2.75) is 25.5 Å². The van der Waals surface area contributed by atoms with E-state index in [1.165, 1.54) is 5.56 Å². The Labute approximate surface area is 136 Å². The summed E-state index contributed by atoms with van der Waals surface area (Å²) >= 11 is 5.81. The van der Waals surface area contributed by atoms with Gasteiger partial charge in [-0.1, -0.05) is 17.7 Å². The maximum absolute atomic E-state index is 9.95. The lowest BCUT2D eigenvalue weighted by Gasteiger charge is -2.17. The van der Waals surface area contributed by atoms with Crippen molar-refractivity contribution in [3.05, 3.63) is 59.4 Å². The molecular weight excluding hydrogens is 300 g/mol. The molecule has 0 spiro atoms. The molecule has 2 atom stereocenters. The van der Waals surface area contributed by atoms with E-state index in [9.17, 15) is 5.11 Å². The van der Waals surface area contributed by atoms with E-state index in [-0.39, 0.29) is 12.6 Å². The van der Waals surface area contributed by atoms with Gasteiger partial charge in [-0.3, -0.25) is 4.98 Å². The number of hydrogen-bond acceptors (Lipinski definition) is 4. The molecule has 1 heterocycles. The van der Waals surface area contributed by atoms with E-state index in [0.29, 0.717) is 17.3 Å². The van der Waals surface area contributed by atoms with Crippen molar-refractivity contribution >= 4 is 11.6 Å². The Morgan fingerprint density at radius 3 is 2.73 bits per heavy atom. The van der Waals surface area contributed by atoms with Crippen LogP contribution in [0.15, 0.2) is 48.8 Å². The van der Waals surface area contributed by atoms with E-state index in [0.717, 1.165) is 6.42 Å². The zero-order valence-corrected chi connectivity index (χ0v) is 13.3. The highest BCUT2D eigenvalue weighted by atomic mass is 35.5. The van der Waals surface area contributed by atoms with Crippen molar-refractivity contribution in [3.8, 4) is 5.75 Å². The highest BCUT2D eigenvalue weighted by Crippen LogP contribution is 2.15. The van der Waals surface area contributed by atoms with Gasteiger partial charge >= 0.3 is 0 Å². The predicted octanol–water partition coefficient (Wildman–Crippen LogP) is 2.70. The average molecular weight is 321 g/mol. The molecule has 1 aromatic heterocycles. The average Bonchev–Trinajstić information content (AvgIpc) is 2.53. The molecule has 2 rings (SSSR count). The zero-order valence-electron chi connectivity index (χ0n) is 12.6. The second-order valence-electron chi connectivity index (χ2n) is 5.29. The Kier molecular flexibility index (Phi) is 6.65. The minimum Gasteiger partial charge on any atom is -0.491 e. The minimum absolute atomic E-state index is 0.244. The summed E-state index contributed by atoms with van der Waals surface area (Å²) in [4.78, 5) is 4.10. The van der Waals surface area contributed by atoms with E-state index in [1.54, 1.807) is 30.5 Å². The summed E-state index contributed by atoms with van der Waals surface area (Å²) in [7, 11) is 0. The van der Waals surface area contributed by atoms with E-state index < -0.39 is 6.10 Å². The monoisotopic (exact) mass is 320 g/mol. The third kappa shape index (κ3) is 6.02. The molecule has 0 fully saturated rings. The Morgan fingerprint density at radius 1 is 1.27 bits per heavy atom. The van der Waals surface area contributed by atoms with Crippen LogP contribution in [0.1, 0.15) is 12.5 Å². The zero-order chi connectivity index (χ0) is 15.8. The van der Waals surface area contributed by atoms with Gasteiger partial charge in [0, 0.05) is 30.0 Å². The molecule has 0 bridgehead atoms. The Bertz CT molecular complexity index is 548. The van der Waals surface area contributed by atoms with Crippen LogP contribution in [0, 0.1) is 0 Å². The molecule has 1 unspecified atom stereocenters. The minimum atomic E-state index is -0.563. The Balaban J connectivity index is 1.66. The number of aliphatic hydroxyl groups is 1. The number of nitrogens with one attached hydrogen (secondary N) is 1. The summed E-state index contributed by atoms with van der Waals surface area (Å²) in [5.41, 5.74) is 1.18. The second kappa shape index (κ2) is 8.73. The fourth-order valence-corrected chi connectivity index (χ4v) is 2.19. The van der Waals surface area contributed by atoms with Gasteiger partial charge in [-0.05, 0) is 49.2 Å². The number of aliphatic hydroxyl groups excluding tert-OH is 1. The number of pyridine rings is 1. The first-order valence-corrected chi connectivity index (χ1v) is 7.70. The molecule has 2 aromatic rings. The number of aromatic nitrogens is 1. The van der Waals surface area contributed by atoms with Crippen LogP contribution in [0.25, 0.3) is 0 Å². The van der Waals surface area contributed by atoms with E-state index >= 15 is 0 Å². The van der Waals surface area contributed by atoms with Crippen LogP contribution in [0.4, 0.5) is 0 Å². The lowest BCUT2D eigenvalue weighted by Crippen LogP contribution is -2.37. The van der Waals surface area contributed by atoms with Gasteiger partial charge in [0.25, 0.3) is 0 Å². The van der Waals surface area contributed by atoms with Gasteiger partial charge in [0.1, 0.15) is 18.5 Å². The molecule has 0 amide bonds. The molecular formula is C17H21ClN2O2. The standard InChI is InChI=1S/C17H21ClN2O2/c1-13(9-14-3-2-8-19-10-14)20-11-16(21)12-22-17-6-4-15(18)5-7-17/h2-8,10,13,16,20-21H,9,11-12H2,1H3/t13?,16-/m1/s1. The molecule has 0 saturated carbocycles. The quantitative estimate of drug-likeness (QED) is 0.785. The molecule has 4 nitrogen and oxygen atoms in total. The van der Waals surface area contributed by atoms with Crippen molar-refractivity contribution in [2.24, 2.45) is 0 Å². The van der Waals surface area contributed by atoms with Crippen LogP contribution >= 0.6 is 11.6 Å². The molecule has 2 N–H and O–H groups in total. The molecule has 1 aromatic carbocycles. The van der Waals surface area contributed by atoms with Crippen LogP contribution < -0.4 is 10.1 Å². The largest absolute Gasteiger partial charge is 0.491 e. The smallest absolute Gasteiger partial charge is 0.119 e. The summed E-state index contributed by atoms with van der Waals surface area (Å²) in [5, 5.41) is 13.9. The van der Waals surface area contributed by atoms with Crippen LogP contribution in [0.2, 0.25) is 5.02 Å². The van der Waals surface area contributed by atoms with Gasteiger partial charge in [-0.25, -0.2) is 0 Å². The first kappa shape index (κ1) is 16.7. The fourth-order valence-electron chi connectivity index (χ4n) is 2.06. The molecule has 0 aliphatic rings. The van der Waals surface area contributed by atoms with E-state index in [4.69, 9.17) is 16.3 Å². The highest BCUT2D eigenvalue weighted by Gasteiger charge is 2.09. The van der Waals surface area contributed by atoms with Gasteiger partial charge in [0.2, 0.25) is 0 Å². The topological polar surface area (TPSA) is 54.4 Å².